The monoisotopic (exact) mass is 544 g/mol. The first-order chi connectivity index (χ1) is 20.0. The molecule has 5 aromatic carbocycles. The van der Waals surface area contributed by atoms with Crippen molar-refractivity contribution in [3.8, 4) is 17.2 Å². The number of rotatable bonds is 8. The fourth-order valence-electron chi connectivity index (χ4n) is 5.44. The Kier molecular flexibility index (Phi) is 6.89. The van der Waals surface area contributed by atoms with Crippen molar-refractivity contribution in [1.29, 1.82) is 0 Å². The molecule has 0 N–H and O–H groups in total. The summed E-state index contributed by atoms with van der Waals surface area (Å²) in [7, 11) is 1.51. The van der Waals surface area contributed by atoms with Crippen LogP contribution in [-0.4, -0.2) is 32.1 Å². The third-order valence-corrected chi connectivity index (χ3v) is 7.47. The SMILES string of the molecule is C=CCOC(=O)C1(c2c(OC)ccc3ccccc23)COc2cc(OCc3ccc4ccccc4c3)ccc2C1=O. The molecule has 0 fully saturated rings. The zero-order valence-corrected chi connectivity index (χ0v) is 22.6. The number of carbonyl (C=O) groups is 2. The van der Waals surface area contributed by atoms with Crippen molar-refractivity contribution in [3.63, 3.8) is 0 Å². The number of methoxy groups -OCH3 is 1. The van der Waals surface area contributed by atoms with Gasteiger partial charge < -0.3 is 18.9 Å². The van der Waals surface area contributed by atoms with Crippen molar-refractivity contribution in [2.45, 2.75) is 12.0 Å². The fourth-order valence-corrected chi connectivity index (χ4v) is 5.44. The standard InChI is InChI=1S/C35H28O6/c1-3-18-39-34(37)35(32-28-11-7-6-9-25(28)14-17-30(32)38-2)22-41-31-20-27(15-16-29(31)33(35)36)40-21-23-12-13-24-8-4-5-10-26(24)19-23/h3-17,19-20H,1,18,21-22H2,2H3. The minimum Gasteiger partial charge on any atom is -0.496 e. The zero-order valence-electron chi connectivity index (χ0n) is 22.6. The van der Waals surface area contributed by atoms with Gasteiger partial charge in [-0.05, 0) is 51.4 Å². The summed E-state index contributed by atoms with van der Waals surface area (Å²) < 4.78 is 23.5. The lowest BCUT2D eigenvalue weighted by molar-refractivity contribution is -0.148. The largest absolute Gasteiger partial charge is 0.496 e. The lowest BCUT2D eigenvalue weighted by atomic mass is 9.71. The van der Waals surface area contributed by atoms with Gasteiger partial charge in [0.05, 0.1) is 12.7 Å². The smallest absolute Gasteiger partial charge is 0.328 e. The predicted octanol–water partition coefficient (Wildman–Crippen LogP) is 6.82. The summed E-state index contributed by atoms with van der Waals surface area (Å²) >= 11 is 0. The Morgan fingerprint density at radius 3 is 2.49 bits per heavy atom. The fraction of sp³-hybridized carbons (Fsp3) is 0.143. The van der Waals surface area contributed by atoms with Gasteiger partial charge in [-0.1, -0.05) is 79.4 Å². The summed E-state index contributed by atoms with van der Waals surface area (Å²) in [6.45, 7) is 3.69. The van der Waals surface area contributed by atoms with E-state index in [-0.39, 0.29) is 18.8 Å². The lowest BCUT2D eigenvalue weighted by Gasteiger charge is -2.36. The maximum absolute atomic E-state index is 14.4. The molecule has 1 aliphatic heterocycles. The first-order valence-electron chi connectivity index (χ1n) is 13.3. The second-order valence-corrected chi connectivity index (χ2v) is 9.90. The predicted molar refractivity (Wildman–Crippen MR) is 158 cm³/mol. The maximum atomic E-state index is 14.4. The summed E-state index contributed by atoms with van der Waals surface area (Å²) in [6, 6.07) is 30.6. The molecule has 0 amide bonds. The quantitative estimate of drug-likeness (QED) is 0.121. The number of esters is 1. The minimum atomic E-state index is -1.78. The molecule has 0 aliphatic carbocycles. The van der Waals surface area contributed by atoms with Gasteiger partial charge in [-0.25, -0.2) is 0 Å². The van der Waals surface area contributed by atoms with Gasteiger partial charge >= 0.3 is 5.97 Å². The van der Waals surface area contributed by atoms with Crippen LogP contribution < -0.4 is 14.2 Å². The number of ether oxygens (including phenoxy) is 4. The van der Waals surface area contributed by atoms with Crippen molar-refractivity contribution >= 4 is 33.3 Å². The number of fused-ring (bicyclic) bond motifs is 3. The second-order valence-electron chi connectivity index (χ2n) is 9.90. The van der Waals surface area contributed by atoms with Crippen LogP contribution in [0.3, 0.4) is 0 Å². The molecule has 6 nitrogen and oxygen atoms in total. The Morgan fingerprint density at radius 1 is 0.927 bits per heavy atom. The van der Waals surface area contributed by atoms with E-state index in [2.05, 4.69) is 30.8 Å². The van der Waals surface area contributed by atoms with Crippen molar-refractivity contribution in [2.24, 2.45) is 0 Å². The van der Waals surface area contributed by atoms with E-state index >= 15 is 0 Å². The maximum Gasteiger partial charge on any atom is 0.328 e. The van der Waals surface area contributed by atoms with Crippen molar-refractivity contribution in [2.75, 3.05) is 20.3 Å². The van der Waals surface area contributed by atoms with Crippen LogP contribution in [0.15, 0.2) is 110 Å². The summed E-state index contributed by atoms with van der Waals surface area (Å²) in [5.41, 5.74) is -0.0832. The summed E-state index contributed by atoms with van der Waals surface area (Å²) in [5, 5.41) is 3.86. The first-order valence-corrected chi connectivity index (χ1v) is 13.3. The molecule has 1 unspecified atom stereocenters. The lowest BCUT2D eigenvalue weighted by Crippen LogP contribution is -2.52. The summed E-state index contributed by atoms with van der Waals surface area (Å²) in [4.78, 5) is 28.1. The Labute approximate surface area is 237 Å². The van der Waals surface area contributed by atoms with Crippen LogP contribution in [0.4, 0.5) is 0 Å². The van der Waals surface area contributed by atoms with Gasteiger partial charge in [0.1, 0.15) is 37.1 Å². The summed E-state index contributed by atoms with van der Waals surface area (Å²) in [5.74, 6) is 0.143. The van der Waals surface area contributed by atoms with Gasteiger partial charge in [0.25, 0.3) is 0 Å². The second kappa shape index (κ2) is 10.8. The van der Waals surface area contributed by atoms with Crippen molar-refractivity contribution < 1.29 is 28.5 Å². The third kappa shape index (κ3) is 4.57. The molecular weight excluding hydrogens is 516 g/mol. The molecule has 0 saturated heterocycles. The third-order valence-electron chi connectivity index (χ3n) is 7.47. The van der Waals surface area contributed by atoms with Gasteiger partial charge in [0.2, 0.25) is 0 Å². The van der Waals surface area contributed by atoms with Crippen LogP contribution >= 0.6 is 0 Å². The number of Topliss-reactive ketones (excluding diaryl/α,β-unsaturated/α-hetero) is 1. The van der Waals surface area contributed by atoms with Crippen LogP contribution in [0.2, 0.25) is 0 Å². The molecular formula is C35H28O6. The molecule has 5 aromatic rings. The Morgan fingerprint density at radius 2 is 1.68 bits per heavy atom. The molecule has 0 spiro atoms. The number of ketones is 1. The van der Waals surface area contributed by atoms with E-state index in [0.717, 1.165) is 21.7 Å². The Balaban J connectivity index is 1.37. The van der Waals surface area contributed by atoms with E-state index < -0.39 is 17.2 Å². The van der Waals surface area contributed by atoms with Crippen molar-refractivity contribution in [1.82, 2.24) is 0 Å². The van der Waals surface area contributed by atoms with Gasteiger partial charge in [0.15, 0.2) is 11.2 Å². The average molecular weight is 545 g/mol. The van der Waals surface area contributed by atoms with E-state index in [1.807, 2.05) is 48.5 Å². The van der Waals surface area contributed by atoms with E-state index in [1.54, 1.807) is 24.3 Å². The highest BCUT2D eigenvalue weighted by molar-refractivity contribution is 6.21. The van der Waals surface area contributed by atoms with E-state index in [9.17, 15) is 9.59 Å². The average Bonchev–Trinajstić information content (AvgIpc) is 3.02. The molecule has 6 heteroatoms. The molecule has 1 atom stereocenters. The van der Waals surface area contributed by atoms with Crippen LogP contribution in [0.1, 0.15) is 21.5 Å². The molecule has 0 bridgehead atoms. The highest BCUT2D eigenvalue weighted by Gasteiger charge is 2.55. The Hall–Kier alpha value is -5.10. The highest BCUT2D eigenvalue weighted by atomic mass is 16.5. The zero-order chi connectivity index (χ0) is 28.4. The molecule has 6 rings (SSSR count). The highest BCUT2D eigenvalue weighted by Crippen LogP contribution is 2.45. The van der Waals surface area contributed by atoms with Crippen molar-refractivity contribution in [3.05, 3.63) is 126 Å². The summed E-state index contributed by atoms with van der Waals surface area (Å²) in [6.07, 6.45) is 1.47. The Bertz CT molecular complexity index is 1810. The van der Waals surface area contributed by atoms with E-state index in [0.29, 0.717) is 34.8 Å². The van der Waals surface area contributed by atoms with Crippen LogP contribution in [0.25, 0.3) is 21.5 Å². The van der Waals surface area contributed by atoms with Gasteiger partial charge in [-0.2, -0.15) is 0 Å². The molecule has 1 aliphatic rings. The minimum absolute atomic E-state index is 0.0463. The van der Waals surface area contributed by atoms with E-state index in [4.69, 9.17) is 18.9 Å². The number of benzene rings is 5. The number of hydrogen-bond donors (Lipinski definition) is 0. The topological polar surface area (TPSA) is 71.1 Å². The van der Waals surface area contributed by atoms with Crippen LogP contribution in [-0.2, 0) is 21.6 Å². The van der Waals surface area contributed by atoms with Crippen LogP contribution in [0, 0.1) is 0 Å². The molecule has 0 radical (unpaired) electrons. The molecule has 41 heavy (non-hydrogen) atoms. The van der Waals surface area contributed by atoms with Gasteiger partial charge in [-0.3, -0.25) is 9.59 Å². The molecule has 0 aromatic heterocycles. The van der Waals surface area contributed by atoms with E-state index in [1.165, 1.54) is 13.2 Å². The normalized spacial score (nSPS) is 16.1. The van der Waals surface area contributed by atoms with Crippen LogP contribution in [0.5, 0.6) is 17.2 Å². The van der Waals surface area contributed by atoms with Gasteiger partial charge in [0, 0.05) is 11.6 Å². The number of hydrogen-bond acceptors (Lipinski definition) is 6. The molecule has 0 saturated carbocycles. The molecule has 1 heterocycles. The molecule has 204 valence electrons. The number of carbonyl (C=O) groups excluding carboxylic acids is 2. The van der Waals surface area contributed by atoms with Gasteiger partial charge in [-0.15, -0.1) is 0 Å². The first kappa shape index (κ1) is 26.1.